The van der Waals surface area contributed by atoms with E-state index in [9.17, 15) is 4.79 Å². The van der Waals surface area contributed by atoms with E-state index in [-0.39, 0.29) is 18.6 Å². The number of amides is 1. The molecule has 1 heterocycles. The number of carbonyl (C=O) groups is 1. The number of hydrogen-bond donors (Lipinski definition) is 2. The van der Waals surface area contributed by atoms with Crippen LogP contribution in [0.2, 0.25) is 5.02 Å². The molecule has 1 amide bonds. The number of pyridine rings is 1. The highest BCUT2D eigenvalue weighted by Gasteiger charge is 2.30. The van der Waals surface area contributed by atoms with Gasteiger partial charge in [-0.05, 0) is 44.7 Å². The first-order chi connectivity index (χ1) is 10.2. The van der Waals surface area contributed by atoms with Crippen LogP contribution in [0.3, 0.4) is 0 Å². The Bertz CT molecular complexity index is 492. The smallest absolute Gasteiger partial charge is 0.274 e. The molecule has 1 aliphatic rings. The van der Waals surface area contributed by atoms with E-state index in [4.69, 9.17) is 16.7 Å². The summed E-state index contributed by atoms with van der Waals surface area (Å²) in [6.07, 6.45) is 3.75. The van der Waals surface area contributed by atoms with Crippen LogP contribution in [0.4, 0.5) is 5.82 Å². The van der Waals surface area contributed by atoms with E-state index >= 15 is 0 Å². The van der Waals surface area contributed by atoms with Crippen molar-refractivity contribution in [1.29, 1.82) is 0 Å². The molecular formula is C15H22ClN3O2. The molecule has 0 radical (unpaired) electrons. The van der Waals surface area contributed by atoms with Gasteiger partial charge in [0.05, 0.1) is 5.02 Å². The van der Waals surface area contributed by atoms with E-state index in [1.807, 2.05) is 11.8 Å². The molecule has 1 aromatic heterocycles. The number of halogens is 1. The topological polar surface area (TPSA) is 65.5 Å². The van der Waals surface area contributed by atoms with Gasteiger partial charge in [0.1, 0.15) is 11.5 Å². The fourth-order valence-corrected chi connectivity index (χ4v) is 2.58. The zero-order chi connectivity index (χ0) is 15.2. The molecule has 0 atom stereocenters. The van der Waals surface area contributed by atoms with Crippen molar-refractivity contribution in [3.63, 3.8) is 0 Å². The van der Waals surface area contributed by atoms with Gasteiger partial charge in [0.25, 0.3) is 5.91 Å². The molecule has 1 aromatic rings. The zero-order valence-electron chi connectivity index (χ0n) is 12.3. The minimum atomic E-state index is -0.141. The fraction of sp³-hybridized carbons (Fsp3) is 0.600. The molecule has 21 heavy (non-hydrogen) atoms. The summed E-state index contributed by atoms with van der Waals surface area (Å²) in [5.74, 6) is 0.513. The van der Waals surface area contributed by atoms with Gasteiger partial charge in [-0.3, -0.25) is 4.79 Å². The van der Waals surface area contributed by atoms with Crippen LogP contribution < -0.4 is 5.32 Å². The highest BCUT2D eigenvalue weighted by Crippen LogP contribution is 2.28. The molecule has 1 fully saturated rings. The minimum absolute atomic E-state index is 0.0785. The summed E-state index contributed by atoms with van der Waals surface area (Å²) in [6, 6.07) is 3.72. The standard InChI is InChI=1S/C15H22ClN3O2/c1-2-17-13-8-7-12(16)14(18-13)15(21)19(9-4-10-20)11-5-3-6-11/h7-8,11,20H,2-6,9-10H2,1H3,(H,17,18). The summed E-state index contributed by atoms with van der Waals surface area (Å²) in [7, 11) is 0. The van der Waals surface area contributed by atoms with E-state index < -0.39 is 0 Å². The van der Waals surface area contributed by atoms with Gasteiger partial charge in [0.2, 0.25) is 0 Å². The van der Waals surface area contributed by atoms with Gasteiger partial charge in [0, 0.05) is 25.7 Å². The number of anilines is 1. The molecule has 0 bridgehead atoms. The maximum Gasteiger partial charge on any atom is 0.274 e. The van der Waals surface area contributed by atoms with Crippen molar-refractivity contribution in [2.75, 3.05) is 25.0 Å². The molecule has 5 nitrogen and oxygen atoms in total. The van der Waals surface area contributed by atoms with E-state index in [2.05, 4.69) is 10.3 Å². The first-order valence-electron chi connectivity index (χ1n) is 7.49. The molecule has 0 unspecified atom stereocenters. The second kappa shape index (κ2) is 7.61. The first kappa shape index (κ1) is 16.0. The van der Waals surface area contributed by atoms with Crippen molar-refractivity contribution < 1.29 is 9.90 Å². The quantitative estimate of drug-likeness (QED) is 0.812. The van der Waals surface area contributed by atoms with Crippen LogP contribution >= 0.6 is 11.6 Å². The summed E-state index contributed by atoms with van der Waals surface area (Å²) in [5.41, 5.74) is 0.292. The largest absolute Gasteiger partial charge is 0.396 e. The highest BCUT2D eigenvalue weighted by atomic mass is 35.5. The minimum Gasteiger partial charge on any atom is -0.396 e. The van der Waals surface area contributed by atoms with Gasteiger partial charge in [-0.25, -0.2) is 4.98 Å². The van der Waals surface area contributed by atoms with Crippen molar-refractivity contribution in [2.45, 2.75) is 38.6 Å². The fourth-order valence-electron chi connectivity index (χ4n) is 2.40. The number of rotatable bonds is 7. The van der Waals surface area contributed by atoms with Crippen molar-refractivity contribution in [3.8, 4) is 0 Å². The predicted molar refractivity (Wildman–Crippen MR) is 83.8 cm³/mol. The van der Waals surface area contributed by atoms with Crippen LogP contribution in [0, 0.1) is 0 Å². The summed E-state index contributed by atoms with van der Waals surface area (Å²) < 4.78 is 0. The second-order valence-electron chi connectivity index (χ2n) is 5.22. The van der Waals surface area contributed by atoms with Crippen LogP contribution in [0.5, 0.6) is 0 Å². The first-order valence-corrected chi connectivity index (χ1v) is 7.87. The molecule has 1 aliphatic carbocycles. The predicted octanol–water partition coefficient (Wildman–Crippen LogP) is 2.54. The van der Waals surface area contributed by atoms with Crippen LogP contribution in [0.25, 0.3) is 0 Å². The number of aliphatic hydroxyl groups excluding tert-OH is 1. The van der Waals surface area contributed by atoms with Crippen LogP contribution in [0.15, 0.2) is 12.1 Å². The molecule has 6 heteroatoms. The van der Waals surface area contributed by atoms with Crippen LogP contribution in [-0.4, -0.2) is 46.6 Å². The Morgan fingerprint density at radius 2 is 2.29 bits per heavy atom. The van der Waals surface area contributed by atoms with Gasteiger partial charge >= 0.3 is 0 Å². The normalized spacial score (nSPS) is 14.6. The number of nitrogens with zero attached hydrogens (tertiary/aromatic N) is 2. The highest BCUT2D eigenvalue weighted by molar-refractivity contribution is 6.33. The Morgan fingerprint density at radius 1 is 1.52 bits per heavy atom. The number of aromatic nitrogens is 1. The number of carbonyl (C=O) groups excluding carboxylic acids is 1. The lowest BCUT2D eigenvalue weighted by Crippen LogP contribution is -2.45. The third-order valence-electron chi connectivity index (χ3n) is 3.74. The van der Waals surface area contributed by atoms with Gasteiger partial charge in [-0.15, -0.1) is 0 Å². The lowest BCUT2D eigenvalue weighted by Gasteiger charge is -2.37. The molecule has 0 saturated heterocycles. The number of nitrogens with one attached hydrogen (secondary N) is 1. The summed E-state index contributed by atoms with van der Waals surface area (Å²) in [4.78, 5) is 18.9. The molecule has 1 saturated carbocycles. The maximum atomic E-state index is 12.7. The number of hydrogen-bond acceptors (Lipinski definition) is 4. The zero-order valence-corrected chi connectivity index (χ0v) is 13.1. The lowest BCUT2D eigenvalue weighted by molar-refractivity contribution is 0.0557. The van der Waals surface area contributed by atoms with Crippen molar-refractivity contribution in [1.82, 2.24) is 9.88 Å². The average molecular weight is 312 g/mol. The third-order valence-corrected chi connectivity index (χ3v) is 4.04. The average Bonchev–Trinajstić information content (AvgIpc) is 2.43. The van der Waals surface area contributed by atoms with Gasteiger partial charge < -0.3 is 15.3 Å². The Labute approximate surface area is 130 Å². The van der Waals surface area contributed by atoms with E-state index in [1.165, 1.54) is 0 Å². The SMILES string of the molecule is CCNc1ccc(Cl)c(C(=O)N(CCCO)C2CCC2)n1. The number of aliphatic hydroxyl groups is 1. The molecular weight excluding hydrogens is 290 g/mol. The van der Waals surface area contributed by atoms with Crippen LogP contribution in [0.1, 0.15) is 43.1 Å². The summed E-state index contributed by atoms with van der Waals surface area (Å²) in [6.45, 7) is 3.33. The molecule has 116 valence electrons. The lowest BCUT2D eigenvalue weighted by atomic mass is 9.91. The van der Waals surface area contributed by atoms with Crippen molar-refractivity contribution in [3.05, 3.63) is 22.8 Å². The Balaban J connectivity index is 2.20. The Morgan fingerprint density at radius 3 is 2.86 bits per heavy atom. The van der Waals surface area contributed by atoms with Crippen molar-refractivity contribution >= 4 is 23.3 Å². The van der Waals surface area contributed by atoms with E-state index in [0.717, 1.165) is 25.8 Å². The van der Waals surface area contributed by atoms with Gasteiger partial charge in [-0.2, -0.15) is 0 Å². The van der Waals surface area contributed by atoms with Gasteiger partial charge in [-0.1, -0.05) is 11.6 Å². The molecule has 0 aliphatic heterocycles. The van der Waals surface area contributed by atoms with Crippen LogP contribution in [-0.2, 0) is 0 Å². The summed E-state index contributed by atoms with van der Waals surface area (Å²) >= 11 is 6.15. The van der Waals surface area contributed by atoms with Crippen molar-refractivity contribution in [2.24, 2.45) is 0 Å². The van der Waals surface area contributed by atoms with Gasteiger partial charge in [0.15, 0.2) is 0 Å². The summed E-state index contributed by atoms with van der Waals surface area (Å²) in [5, 5.41) is 12.5. The molecule has 0 aromatic carbocycles. The molecule has 2 rings (SSSR count). The third kappa shape index (κ3) is 3.86. The monoisotopic (exact) mass is 311 g/mol. The van der Waals surface area contributed by atoms with E-state index in [1.54, 1.807) is 12.1 Å². The Kier molecular flexibility index (Phi) is 5.82. The molecule has 2 N–H and O–H groups in total. The molecule has 0 spiro atoms. The maximum absolute atomic E-state index is 12.7. The van der Waals surface area contributed by atoms with E-state index in [0.29, 0.717) is 29.5 Å². The Hall–Kier alpha value is -1.33. The second-order valence-corrected chi connectivity index (χ2v) is 5.62.